The second-order valence-corrected chi connectivity index (χ2v) is 11.1. The molecular formula is C31H40N8O3. The number of hydrogen-bond donors (Lipinski definition) is 2. The third-order valence-electron chi connectivity index (χ3n) is 7.86. The number of fused-ring (bicyclic) bond motifs is 1. The Bertz CT molecular complexity index is 1490. The van der Waals surface area contributed by atoms with Gasteiger partial charge in [-0.15, -0.1) is 0 Å². The summed E-state index contributed by atoms with van der Waals surface area (Å²) in [5.41, 5.74) is 9.82. The van der Waals surface area contributed by atoms with Gasteiger partial charge in [0, 0.05) is 101 Å². The lowest BCUT2D eigenvalue weighted by Crippen LogP contribution is -2.44. The summed E-state index contributed by atoms with van der Waals surface area (Å²) >= 11 is 0. The van der Waals surface area contributed by atoms with Crippen LogP contribution in [0, 0.1) is 0 Å². The summed E-state index contributed by atoms with van der Waals surface area (Å²) in [5.74, 6) is 6.91. The van der Waals surface area contributed by atoms with Gasteiger partial charge in [-0.1, -0.05) is 6.08 Å². The number of aromatic nitrogens is 1. The van der Waals surface area contributed by atoms with Crippen molar-refractivity contribution in [3.63, 3.8) is 0 Å². The molecule has 1 aromatic carbocycles. The minimum absolute atomic E-state index is 0.0358. The zero-order chi connectivity index (χ0) is 29.8. The van der Waals surface area contributed by atoms with Crippen molar-refractivity contribution in [2.24, 2.45) is 11.6 Å². The van der Waals surface area contributed by atoms with E-state index >= 15 is 0 Å². The van der Waals surface area contributed by atoms with Gasteiger partial charge in [-0.05, 0) is 54.9 Å². The molecule has 0 atom stereocenters. The highest BCUT2D eigenvalue weighted by molar-refractivity contribution is 6.01. The summed E-state index contributed by atoms with van der Waals surface area (Å²) in [7, 11) is 5.55. The number of carbonyl (C=O) groups excluding carboxylic acids is 2. The van der Waals surface area contributed by atoms with Crippen molar-refractivity contribution >= 4 is 34.2 Å². The molecule has 0 saturated carbocycles. The van der Waals surface area contributed by atoms with Gasteiger partial charge in [0.1, 0.15) is 11.4 Å². The number of amides is 2. The summed E-state index contributed by atoms with van der Waals surface area (Å²) < 4.78 is 6.16. The summed E-state index contributed by atoms with van der Waals surface area (Å²) in [6.07, 6.45) is 7.99. The van der Waals surface area contributed by atoms with E-state index in [2.05, 4.69) is 41.1 Å². The van der Waals surface area contributed by atoms with Gasteiger partial charge >= 0.3 is 0 Å². The number of likely N-dealkylation sites (N-methyl/N-ethyl adjacent to an activating group) is 1. The fraction of sp³-hybridized carbons (Fsp3) is 0.387. The third kappa shape index (κ3) is 6.42. The number of pyridine rings is 1. The number of nitrogens with two attached hydrogens (primary N) is 2. The Morgan fingerprint density at radius 2 is 1.86 bits per heavy atom. The standard InChI is InChI=1S/C31H40N8O3/c1-35(2)31(41)27-19-25-17-24(23-5-4-10-38(21-23)29(40)8-11-39(33)12-9-32)18-26(30(25)42-27)22-6-7-28(34-20-22)37-15-13-36(3)14-16-37/h5-7,9,12,17-20H,4,8,10-11,13-16,21,32-33H2,1-3H3/b12-9-. The molecule has 2 aliphatic rings. The first-order valence-electron chi connectivity index (χ1n) is 14.3. The zero-order valence-electron chi connectivity index (χ0n) is 24.6. The average molecular weight is 573 g/mol. The number of benzene rings is 1. The number of anilines is 1. The predicted molar refractivity (Wildman–Crippen MR) is 165 cm³/mol. The molecule has 2 amide bonds. The number of rotatable bonds is 8. The number of piperazine rings is 1. The molecule has 1 fully saturated rings. The molecule has 222 valence electrons. The maximum Gasteiger partial charge on any atom is 0.289 e. The van der Waals surface area contributed by atoms with Crippen LogP contribution in [0.15, 0.2) is 59.4 Å². The van der Waals surface area contributed by atoms with E-state index < -0.39 is 0 Å². The lowest BCUT2D eigenvalue weighted by atomic mass is 9.95. The van der Waals surface area contributed by atoms with Gasteiger partial charge in [-0.25, -0.2) is 10.8 Å². The summed E-state index contributed by atoms with van der Waals surface area (Å²) in [6.45, 7) is 5.41. The average Bonchev–Trinajstić information content (AvgIpc) is 3.44. The lowest BCUT2D eigenvalue weighted by molar-refractivity contribution is -0.130. The highest BCUT2D eigenvalue weighted by Gasteiger charge is 2.23. The molecule has 42 heavy (non-hydrogen) atoms. The molecule has 0 spiro atoms. The van der Waals surface area contributed by atoms with E-state index in [1.165, 1.54) is 22.3 Å². The predicted octanol–water partition coefficient (Wildman–Crippen LogP) is 2.56. The molecule has 4 N–H and O–H groups in total. The summed E-state index contributed by atoms with van der Waals surface area (Å²) in [5, 5.41) is 2.24. The molecule has 0 aliphatic carbocycles. The molecule has 11 heteroatoms. The van der Waals surface area contributed by atoms with Gasteiger partial charge in [0.05, 0.1) is 0 Å². The van der Waals surface area contributed by atoms with Crippen molar-refractivity contribution < 1.29 is 14.0 Å². The van der Waals surface area contributed by atoms with Gasteiger partial charge in [-0.3, -0.25) is 9.59 Å². The van der Waals surface area contributed by atoms with E-state index in [-0.39, 0.29) is 17.6 Å². The van der Waals surface area contributed by atoms with Gasteiger partial charge < -0.3 is 34.8 Å². The SMILES string of the molecule is CN1CCN(c2ccc(-c3cc(C4=CCCN(C(=O)CCN(N)/C=C\N)C4)cc4cc(C(=O)N(C)C)oc34)cn2)CC1. The fourth-order valence-electron chi connectivity index (χ4n) is 5.38. The second-order valence-electron chi connectivity index (χ2n) is 11.1. The molecule has 1 saturated heterocycles. The second kappa shape index (κ2) is 12.7. The number of hydrazine groups is 1. The molecule has 3 aromatic rings. The topological polar surface area (TPSA) is 128 Å². The van der Waals surface area contributed by atoms with Crippen molar-refractivity contribution in [1.29, 1.82) is 0 Å². The van der Waals surface area contributed by atoms with Gasteiger partial charge in [0.15, 0.2) is 5.76 Å². The monoisotopic (exact) mass is 572 g/mol. The van der Waals surface area contributed by atoms with E-state index in [0.717, 1.165) is 66.1 Å². The Kier molecular flexibility index (Phi) is 8.79. The molecule has 2 aliphatic heterocycles. The molecule has 4 heterocycles. The number of furan rings is 1. The van der Waals surface area contributed by atoms with Crippen LogP contribution in [0.3, 0.4) is 0 Å². The first-order chi connectivity index (χ1) is 20.2. The molecule has 5 rings (SSSR count). The van der Waals surface area contributed by atoms with Crippen LogP contribution in [0.5, 0.6) is 0 Å². The van der Waals surface area contributed by atoms with Crippen LogP contribution in [0.2, 0.25) is 0 Å². The van der Waals surface area contributed by atoms with E-state index in [1.807, 2.05) is 17.2 Å². The van der Waals surface area contributed by atoms with E-state index in [4.69, 9.17) is 21.0 Å². The minimum atomic E-state index is -0.200. The molecule has 0 radical (unpaired) electrons. The van der Waals surface area contributed by atoms with Crippen LogP contribution in [0.4, 0.5) is 5.82 Å². The largest absolute Gasteiger partial charge is 0.450 e. The minimum Gasteiger partial charge on any atom is -0.450 e. The first-order valence-corrected chi connectivity index (χ1v) is 14.3. The molecule has 0 unspecified atom stereocenters. The normalized spacial score (nSPS) is 16.2. The van der Waals surface area contributed by atoms with Gasteiger partial charge in [-0.2, -0.15) is 0 Å². The van der Waals surface area contributed by atoms with Crippen molar-refractivity contribution in [2.75, 3.05) is 71.9 Å². The lowest BCUT2D eigenvalue weighted by Gasteiger charge is -2.33. The van der Waals surface area contributed by atoms with Crippen molar-refractivity contribution in [1.82, 2.24) is 24.7 Å². The van der Waals surface area contributed by atoms with Crippen molar-refractivity contribution in [3.05, 3.63) is 66.3 Å². The maximum atomic E-state index is 13.0. The number of hydrogen-bond acceptors (Lipinski definition) is 9. The van der Waals surface area contributed by atoms with Crippen LogP contribution >= 0.6 is 0 Å². The van der Waals surface area contributed by atoms with Crippen LogP contribution < -0.4 is 16.5 Å². The highest BCUT2D eigenvalue weighted by Crippen LogP contribution is 2.36. The fourth-order valence-corrected chi connectivity index (χ4v) is 5.38. The molecule has 0 bridgehead atoms. The van der Waals surface area contributed by atoms with Crippen molar-refractivity contribution in [3.8, 4) is 11.1 Å². The van der Waals surface area contributed by atoms with E-state index in [0.29, 0.717) is 31.6 Å². The van der Waals surface area contributed by atoms with Crippen LogP contribution in [0.1, 0.15) is 29.0 Å². The Morgan fingerprint density at radius 1 is 1.07 bits per heavy atom. The Morgan fingerprint density at radius 3 is 2.55 bits per heavy atom. The van der Waals surface area contributed by atoms with E-state index in [1.54, 1.807) is 20.2 Å². The maximum absolute atomic E-state index is 13.0. The first kappa shape index (κ1) is 29.2. The number of nitrogens with zero attached hydrogens (tertiary/aromatic N) is 6. The quantitative estimate of drug-likeness (QED) is 0.309. The number of carbonyl (C=O) groups is 2. The van der Waals surface area contributed by atoms with Crippen LogP contribution in [0.25, 0.3) is 27.7 Å². The summed E-state index contributed by atoms with van der Waals surface area (Å²) in [6, 6.07) is 10.0. The molecular weight excluding hydrogens is 532 g/mol. The Labute approximate surface area is 246 Å². The van der Waals surface area contributed by atoms with Crippen molar-refractivity contribution in [2.45, 2.75) is 12.8 Å². The summed E-state index contributed by atoms with van der Waals surface area (Å²) in [4.78, 5) is 38.6. The highest BCUT2D eigenvalue weighted by atomic mass is 16.3. The van der Waals surface area contributed by atoms with E-state index in [9.17, 15) is 9.59 Å². The molecule has 11 nitrogen and oxygen atoms in total. The van der Waals surface area contributed by atoms with Gasteiger partial charge in [0.2, 0.25) is 5.91 Å². The van der Waals surface area contributed by atoms with Crippen LogP contribution in [-0.4, -0.2) is 103 Å². The smallest absolute Gasteiger partial charge is 0.289 e. The zero-order valence-corrected chi connectivity index (χ0v) is 24.6. The molecule has 2 aromatic heterocycles. The van der Waals surface area contributed by atoms with Gasteiger partial charge in [0.25, 0.3) is 5.91 Å². The Balaban J connectivity index is 1.45. The van der Waals surface area contributed by atoms with Crippen LogP contribution in [-0.2, 0) is 4.79 Å². The Hall–Kier alpha value is -4.35. The third-order valence-corrected chi connectivity index (χ3v) is 7.86.